The third-order valence-corrected chi connectivity index (χ3v) is 2.56. The van der Waals surface area contributed by atoms with Crippen molar-refractivity contribution in [3.8, 4) is 0 Å². The maximum Gasteiger partial charge on any atom is 0.226 e. The molecule has 0 spiro atoms. The molecule has 1 aromatic rings. The van der Waals surface area contributed by atoms with Crippen LogP contribution >= 0.6 is 0 Å². The minimum Gasteiger partial charge on any atom is -0.315 e. The van der Waals surface area contributed by atoms with Crippen LogP contribution in [0.15, 0.2) is 18.2 Å². The standard InChI is InChI=1S/C13H19NO/c1-5-6-13(15)14(4)12-9-10(2)7-8-11(12)3/h7-9H,5-6H2,1-4H3. The monoisotopic (exact) mass is 205 g/mol. The van der Waals surface area contributed by atoms with Crippen LogP contribution in [0.4, 0.5) is 5.69 Å². The lowest BCUT2D eigenvalue weighted by atomic mass is 10.1. The summed E-state index contributed by atoms with van der Waals surface area (Å²) in [5.41, 5.74) is 3.35. The Balaban J connectivity index is 2.94. The molecular formula is C13H19NO. The number of carbonyl (C=O) groups is 1. The summed E-state index contributed by atoms with van der Waals surface area (Å²) in [4.78, 5) is 13.5. The van der Waals surface area contributed by atoms with Crippen LogP contribution in [0, 0.1) is 13.8 Å². The second-order valence-corrected chi connectivity index (χ2v) is 3.99. The number of benzene rings is 1. The highest BCUT2D eigenvalue weighted by molar-refractivity contribution is 5.93. The lowest BCUT2D eigenvalue weighted by Gasteiger charge is -2.19. The largest absolute Gasteiger partial charge is 0.315 e. The Hall–Kier alpha value is -1.31. The van der Waals surface area contributed by atoms with Crippen molar-refractivity contribution in [3.05, 3.63) is 29.3 Å². The molecule has 0 radical (unpaired) electrons. The van der Waals surface area contributed by atoms with Crippen molar-refractivity contribution < 1.29 is 4.79 Å². The third kappa shape index (κ3) is 2.82. The van der Waals surface area contributed by atoms with Gasteiger partial charge in [-0.15, -0.1) is 0 Å². The first-order valence-corrected chi connectivity index (χ1v) is 5.40. The van der Waals surface area contributed by atoms with E-state index < -0.39 is 0 Å². The number of nitrogens with zero attached hydrogens (tertiary/aromatic N) is 1. The molecule has 0 unspecified atom stereocenters. The molecule has 0 saturated heterocycles. The Bertz CT molecular complexity index is 358. The molecule has 0 atom stereocenters. The molecule has 82 valence electrons. The van der Waals surface area contributed by atoms with Gasteiger partial charge in [0, 0.05) is 19.2 Å². The van der Waals surface area contributed by atoms with E-state index in [9.17, 15) is 4.79 Å². The molecule has 0 aliphatic carbocycles. The number of hydrogen-bond donors (Lipinski definition) is 0. The summed E-state index contributed by atoms with van der Waals surface area (Å²) in [6.45, 7) is 6.10. The van der Waals surface area contributed by atoms with Crippen molar-refractivity contribution >= 4 is 11.6 Å². The molecule has 2 heteroatoms. The lowest BCUT2D eigenvalue weighted by Crippen LogP contribution is -2.26. The molecule has 0 heterocycles. The lowest BCUT2D eigenvalue weighted by molar-refractivity contribution is -0.118. The predicted molar refractivity (Wildman–Crippen MR) is 64.2 cm³/mol. The average molecular weight is 205 g/mol. The highest BCUT2D eigenvalue weighted by Crippen LogP contribution is 2.21. The first kappa shape index (κ1) is 11.8. The molecule has 0 aliphatic rings. The van der Waals surface area contributed by atoms with Crippen LogP contribution < -0.4 is 4.90 Å². The zero-order chi connectivity index (χ0) is 11.4. The first-order valence-electron chi connectivity index (χ1n) is 5.40. The van der Waals surface area contributed by atoms with Gasteiger partial charge in [0.05, 0.1) is 0 Å². The van der Waals surface area contributed by atoms with Crippen LogP contribution in [0.5, 0.6) is 0 Å². The van der Waals surface area contributed by atoms with Crippen LogP contribution in [-0.2, 0) is 4.79 Å². The van der Waals surface area contributed by atoms with Gasteiger partial charge in [0.2, 0.25) is 5.91 Å². The van der Waals surface area contributed by atoms with Gasteiger partial charge in [-0.05, 0) is 37.5 Å². The Morgan fingerprint density at radius 2 is 2.00 bits per heavy atom. The quantitative estimate of drug-likeness (QED) is 0.742. The highest BCUT2D eigenvalue weighted by Gasteiger charge is 2.11. The molecule has 1 aromatic carbocycles. The first-order chi connectivity index (χ1) is 7.06. The Labute approximate surface area is 91.9 Å². The number of carbonyl (C=O) groups excluding carboxylic acids is 1. The molecule has 1 amide bonds. The molecule has 2 nitrogen and oxygen atoms in total. The molecule has 0 aromatic heterocycles. The van der Waals surface area contributed by atoms with Gasteiger partial charge in [0.1, 0.15) is 0 Å². The molecule has 0 bridgehead atoms. The van der Waals surface area contributed by atoms with Crippen molar-refractivity contribution in [2.75, 3.05) is 11.9 Å². The van der Waals surface area contributed by atoms with Crippen molar-refractivity contribution in [1.29, 1.82) is 0 Å². The molecule has 0 N–H and O–H groups in total. The van der Waals surface area contributed by atoms with Gasteiger partial charge < -0.3 is 4.90 Å². The normalized spacial score (nSPS) is 10.1. The molecule has 0 aliphatic heterocycles. The van der Waals surface area contributed by atoms with E-state index in [0.717, 1.165) is 17.7 Å². The van der Waals surface area contributed by atoms with Gasteiger partial charge in [-0.2, -0.15) is 0 Å². The van der Waals surface area contributed by atoms with E-state index in [1.807, 2.05) is 27.8 Å². The van der Waals surface area contributed by atoms with E-state index in [2.05, 4.69) is 18.2 Å². The van der Waals surface area contributed by atoms with E-state index in [0.29, 0.717) is 6.42 Å². The van der Waals surface area contributed by atoms with Gasteiger partial charge >= 0.3 is 0 Å². The van der Waals surface area contributed by atoms with Crippen LogP contribution in [0.3, 0.4) is 0 Å². The van der Waals surface area contributed by atoms with E-state index >= 15 is 0 Å². The second-order valence-electron chi connectivity index (χ2n) is 3.99. The molecule has 0 saturated carbocycles. The van der Waals surface area contributed by atoms with Gasteiger partial charge in [0.25, 0.3) is 0 Å². The Kier molecular flexibility index (Phi) is 3.89. The molecule has 15 heavy (non-hydrogen) atoms. The van der Waals surface area contributed by atoms with Crippen molar-refractivity contribution in [2.45, 2.75) is 33.6 Å². The van der Waals surface area contributed by atoms with E-state index in [-0.39, 0.29) is 5.91 Å². The fraction of sp³-hybridized carbons (Fsp3) is 0.462. The molecular weight excluding hydrogens is 186 g/mol. The van der Waals surface area contributed by atoms with Gasteiger partial charge in [-0.25, -0.2) is 0 Å². The zero-order valence-corrected chi connectivity index (χ0v) is 10.0. The minimum absolute atomic E-state index is 0.186. The van der Waals surface area contributed by atoms with Crippen LogP contribution in [0.1, 0.15) is 30.9 Å². The number of anilines is 1. The predicted octanol–water partition coefficient (Wildman–Crippen LogP) is 3.07. The van der Waals surface area contributed by atoms with Gasteiger partial charge in [0.15, 0.2) is 0 Å². The number of rotatable bonds is 3. The Morgan fingerprint density at radius 1 is 1.33 bits per heavy atom. The van der Waals surface area contributed by atoms with E-state index in [1.54, 1.807) is 4.90 Å². The molecule has 0 fully saturated rings. The van der Waals surface area contributed by atoms with E-state index in [4.69, 9.17) is 0 Å². The summed E-state index contributed by atoms with van der Waals surface area (Å²) in [5, 5.41) is 0. The number of amides is 1. The van der Waals surface area contributed by atoms with Crippen LogP contribution in [0.25, 0.3) is 0 Å². The smallest absolute Gasteiger partial charge is 0.226 e. The van der Waals surface area contributed by atoms with Crippen LogP contribution in [-0.4, -0.2) is 13.0 Å². The van der Waals surface area contributed by atoms with Gasteiger partial charge in [-0.1, -0.05) is 19.1 Å². The van der Waals surface area contributed by atoms with Crippen molar-refractivity contribution in [1.82, 2.24) is 0 Å². The van der Waals surface area contributed by atoms with Crippen molar-refractivity contribution in [2.24, 2.45) is 0 Å². The summed E-state index contributed by atoms with van der Waals surface area (Å²) in [7, 11) is 1.85. The number of hydrogen-bond acceptors (Lipinski definition) is 1. The summed E-state index contributed by atoms with van der Waals surface area (Å²) in [6, 6.07) is 6.18. The summed E-state index contributed by atoms with van der Waals surface area (Å²) < 4.78 is 0. The number of aryl methyl sites for hydroxylation is 2. The zero-order valence-electron chi connectivity index (χ0n) is 10.0. The van der Waals surface area contributed by atoms with Crippen LogP contribution in [0.2, 0.25) is 0 Å². The third-order valence-electron chi connectivity index (χ3n) is 2.56. The second kappa shape index (κ2) is 4.96. The van der Waals surface area contributed by atoms with E-state index in [1.165, 1.54) is 5.56 Å². The SMILES string of the molecule is CCCC(=O)N(C)c1cc(C)ccc1C. The minimum atomic E-state index is 0.186. The topological polar surface area (TPSA) is 20.3 Å². The maximum absolute atomic E-state index is 11.7. The highest BCUT2D eigenvalue weighted by atomic mass is 16.2. The molecule has 1 rings (SSSR count). The summed E-state index contributed by atoms with van der Waals surface area (Å²) >= 11 is 0. The fourth-order valence-electron chi connectivity index (χ4n) is 1.60. The van der Waals surface area contributed by atoms with Gasteiger partial charge in [-0.3, -0.25) is 4.79 Å². The fourth-order valence-corrected chi connectivity index (χ4v) is 1.60. The van der Waals surface area contributed by atoms with Crippen molar-refractivity contribution in [3.63, 3.8) is 0 Å². The Morgan fingerprint density at radius 3 is 2.60 bits per heavy atom. The maximum atomic E-state index is 11.7. The average Bonchev–Trinajstić information content (AvgIpc) is 2.21. The summed E-state index contributed by atoms with van der Waals surface area (Å²) in [5.74, 6) is 0.186. The summed E-state index contributed by atoms with van der Waals surface area (Å²) in [6.07, 6.45) is 1.51.